The third kappa shape index (κ3) is 4.19. The SMILES string of the molecule is O=C(COc1ccccc1C(=O)O)Nc1ccccc1I. The first-order valence-corrected chi connectivity index (χ1v) is 7.15. The van der Waals surface area contributed by atoms with Gasteiger partial charge in [0.2, 0.25) is 0 Å². The maximum Gasteiger partial charge on any atom is 0.339 e. The molecule has 2 rings (SSSR count). The first-order chi connectivity index (χ1) is 10.1. The van der Waals surface area contributed by atoms with Gasteiger partial charge in [0.15, 0.2) is 6.61 Å². The fourth-order valence-electron chi connectivity index (χ4n) is 1.66. The number of aromatic carboxylic acids is 1. The van der Waals surface area contributed by atoms with Gasteiger partial charge in [-0.1, -0.05) is 24.3 Å². The van der Waals surface area contributed by atoms with Gasteiger partial charge in [0, 0.05) is 3.57 Å². The Morgan fingerprint density at radius 1 is 1.10 bits per heavy atom. The number of carbonyl (C=O) groups excluding carboxylic acids is 1. The summed E-state index contributed by atoms with van der Waals surface area (Å²) in [6.07, 6.45) is 0. The molecule has 6 heteroatoms. The van der Waals surface area contributed by atoms with E-state index in [-0.39, 0.29) is 23.8 Å². The van der Waals surface area contributed by atoms with Crippen LogP contribution in [-0.2, 0) is 4.79 Å². The number of hydrogen-bond donors (Lipinski definition) is 2. The highest BCUT2D eigenvalue weighted by Crippen LogP contribution is 2.19. The lowest BCUT2D eigenvalue weighted by molar-refractivity contribution is -0.118. The first kappa shape index (κ1) is 15.3. The molecule has 108 valence electrons. The van der Waals surface area contributed by atoms with Gasteiger partial charge in [0.1, 0.15) is 11.3 Å². The van der Waals surface area contributed by atoms with Gasteiger partial charge in [0.25, 0.3) is 5.91 Å². The Hall–Kier alpha value is -2.09. The second-order valence-electron chi connectivity index (χ2n) is 4.12. The molecule has 0 saturated heterocycles. The fraction of sp³-hybridized carbons (Fsp3) is 0.0667. The van der Waals surface area contributed by atoms with Crippen molar-refractivity contribution in [2.75, 3.05) is 11.9 Å². The average molecular weight is 397 g/mol. The summed E-state index contributed by atoms with van der Waals surface area (Å²) in [6, 6.07) is 13.5. The average Bonchev–Trinajstić information content (AvgIpc) is 2.48. The Morgan fingerprint density at radius 2 is 1.76 bits per heavy atom. The number of amides is 1. The molecule has 0 saturated carbocycles. The third-order valence-corrected chi connectivity index (χ3v) is 3.56. The Morgan fingerprint density at radius 3 is 2.48 bits per heavy atom. The van der Waals surface area contributed by atoms with Gasteiger partial charge in [-0.25, -0.2) is 4.79 Å². The number of anilines is 1. The van der Waals surface area contributed by atoms with E-state index in [1.165, 1.54) is 12.1 Å². The predicted octanol–water partition coefficient (Wildman–Crippen LogP) is 3.01. The topological polar surface area (TPSA) is 75.6 Å². The maximum atomic E-state index is 11.8. The van der Waals surface area contributed by atoms with E-state index < -0.39 is 5.97 Å². The molecular formula is C15H12INO4. The highest BCUT2D eigenvalue weighted by molar-refractivity contribution is 14.1. The number of hydrogen-bond acceptors (Lipinski definition) is 3. The largest absolute Gasteiger partial charge is 0.483 e. The number of nitrogens with one attached hydrogen (secondary N) is 1. The van der Waals surface area contributed by atoms with Crippen molar-refractivity contribution in [2.24, 2.45) is 0 Å². The Balaban J connectivity index is 1.99. The second kappa shape index (κ2) is 7.07. The molecule has 5 nitrogen and oxygen atoms in total. The van der Waals surface area contributed by atoms with E-state index in [0.29, 0.717) is 5.69 Å². The van der Waals surface area contributed by atoms with Crippen LogP contribution in [0.3, 0.4) is 0 Å². The number of para-hydroxylation sites is 2. The molecule has 0 fully saturated rings. The molecule has 0 aliphatic rings. The van der Waals surface area contributed by atoms with Crippen LogP contribution in [0.2, 0.25) is 0 Å². The minimum Gasteiger partial charge on any atom is -0.483 e. The van der Waals surface area contributed by atoms with Crippen LogP contribution < -0.4 is 10.1 Å². The number of carbonyl (C=O) groups is 2. The summed E-state index contributed by atoms with van der Waals surface area (Å²) in [6.45, 7) is -0.255. The van der Waals surface area contributed by atoms with Crippen molar-refractivity contribution in [1.82, 2.24) is 0 Å². The van der Waals surface area contributed by atoms with Crippen LogP contribution in [0.1, 0.15) is 10.4 Å². The Bertz CT molecular complexity index is 672. The van der Waals surface area contributed by atoms with Crippen LogP contribution in [0.4, 0.5) is 5.69 Å². The van der Waals surface area contributed by atoms with Crippen LogP contribution in [0.15, 0.2) is 48.5 Å². The first-order valence-electron chi connectivity index (χ1n) is 6.07. The summed E-state index contributed by atoms with van der Waals surface area (Å²) in [5.74, 6) is -1.27. The van der Waals surface area contributed by atoms with E-state index in [1.54, 1.807) is 18.2 Å². The Labute approximate surface area is 135 Å². The molecule has 0 atom stereocenters. The van der Waals surface area contributed by atoms with Crippen LogP contribution in [0.5, 0.6) is 5.75 Å². The van der Waals surface area contributed by atoms with E-state index in [0.717, 1.165) is 3.57 Å². The normalized spacial score (nSPS) is 9.95. The van der Waals surface area contributed by atoms with Crippen molar-refractivity contribution >= 4 is 40.2 Å². The highest BCUT2D eigenvalue weighted by atomic mass is 127. The lowest BCUT2D eigenvalue weighted by atomic mass is 10.2. The molecule has 0 aliphatic carbocycles. The molecule has 0 heterocycles. The van der Waals surface area contributed by atoms with Crippen LogP contribution in [-0.4, -0.2) is 23.6 Å². The summed E-state index contributed by atoms with van der Waals surface area (Å²) < 4.78 is 6.19. The van der Waals surface area contributed by atoms with E-state index in [4.69, 9.17) is 9.84 Å². The van der Waals surface area contributed by atoms with Gasteiger partial charge in [-0.2, -0.15) is 0 Å². The van der Waals surface area contributed by atoms with Crippen molar-refractivity contribution in [3.05, 3.63) is 57.7 Å². The molecule has 0 bridgehead atoms. The zero-order valence-electron chi connectivity index (χ0n) is 10.9. The highest BCUT2D eigenvalue weighted by Gasteiger charge is 2.12. The molecule has 2 aromatic carbocycles. The van der Waals surface area contributed by atoms with Gasteiger partial charge in [-0.3, -0.25) is 4.79 Å². The number of rotatable bonds is 5. The van der Waals surface area contributed by atoms with Gasteiger partial charge >= 0.3 is 5.97 Å². The summed E-state index contributed by atoms with van der Waals surface area (Å²) in [5.41, 5.74) is 0.720. The number of carboxylic acid groups (broad SMARTS) is 1. The molecule has 1 amide bonds. The molecule has 0 aliphatic heterocycles. The fourth-order valence-corrected chi connectivity index (χ4v) is 2.18. The van der Waals surface area contributed by atoms with Crippen LogP contribution in [0.25, 0.3) is 0 Å². The van der Waals surface area contributed by atoms with Gasteiger partial charge < -0.3 is 15.2 Å². The molecule has 0 aromatic heterocycles. The van der Waals surface area contributed by atoms with Crippen LogP contribution >= 0.6 is 22.6 Å². The smallest absolute Gasteiger partial charge is 0.339 e. The van der Waals surface area contributed by atoms with Crippen molar-refractivity contribution in [2.45, 2.75) is 0 Å². The minimum absolute atomic E-state index is 0.0274. The number of halogens is 1. The van der Waals surface area contributed by atoms with Gasteiger partial charge in [0.05, 0.1) is 5.69 Å². The minimum atomic E-state index is -1.09. The summed E-state index contributed by atoms with van der Waals surface area (Å²) in [5, 5.41) is 11.7. The van der Waals surface area contributed by atoms with Gasteiger partial charge in [-0.15, -0.1) is 0 Å². The molecule has 0 radical (unpaired) electrons. The van der Waals surface area contributed by atoms with Gasteiger partial charge in [-0.05, 0) is 46.9 Å². The third-order valence-electron chi connectivity index (χ3n) is 2.62. The summed E-state index contributed by atoms with van der Waals surface area (Å²) in [4.78, 5) is 22.9. The molecule has 21 heavy (non-hydrogen) atoms. The van der Waals surface area contributed by atoms with E-state index in [2.05, 4.69) is 27.9 Å². The van der Waals surface area contributed by atoms with E-state index in [1.807, 2.05) is 18.2 Å². The maximum absolute atomic E-state index is 11.8. The number of ether oxygens (including phenoxy) is 1. The molecule has 0 unspecified atom stereocenters. The van der Waals surface area contributed by atoms with Crippen molar-refractivity contribution in [3.63, 3.8) is 0 Å². The van der Waals surface area contributed by atoms with Crippen molar-refractivity contribution in [3.8, 4) is 5.75 Å². The van der Waals surface area contributed by atoms with Crippen molar-refractivity contribution < 1.29 is 19.4 Å². The zero-order chi connectivity index (χ0) is 15.2. The zero-order valence-corrected chi connectivity index (χ0v) is 13.0. The molecular weight excluding hydrogens is 385 g/mol. The number of carboxylic acids is 1. The van der Waals surface area contributed by atoms with E-state index >= 15 is 0 Å². The lowest BCUT2D eigenvalue weighted by Crippen LogP contribution is -2.21. The molecule has 2 aromatic rings. The lowest BCUT2D eigenvalue weighted by Gasteiger charge is -2.10. The van der Waals surface area contributed by atoms with Crippen LogP contribution in [0, 0.1) is 3.57 Å². The second-order valence-corrected chi connectivity index (χ2v) is 5.28. The number of benzene rings is 2. The molecule has 0 spiro atoms. The quantitative estimate of drug-likeness (QED) is 0.761. The molecule has 2 N–H and O–H groups in total. The van der Waals surface area contributed by atoms with Crippen molar-refractivity contribution in [1.29, 1.82) is 0 Å². The Kier molecular flexibility index (Phi) is 5.15. The summed E-state index contributed by atoms with van der Waals surface area (Å²) >= 11 is 2.11. The monoisotopic (exact) mass is 397 g/mol. The van der Waals surface area contributed by atoms with E-state index in [9.17, 15) is 9.59 Å². The predicted molar refractivity (Wildman–Crippen MR) is 86.7 cm³/mol. The standard InChI is InChI=1S/C15H12INO4/c16-11-6-2-3-7-12(11)17-14(18)9-21-13-8-4-1-5-10(13)15(19)20/h1-8H,9H2,(H,17,18)(H,19,20). The summed E-state index contributed by atoms with van der Waals surface area (Å²) in [7, 11) is 0.